The summed E-state index contributed by atoms with van der Waals surface area (Å²) in [5.41, 5.74) is 1.26. The first-order valence-corrected chi connectivity index (χ1v) is 5.41. The highest BCUT2D eigenvalue weighted by atomic mass is 28.2. The molecule has 0 aliphatic heterocycles. The lowest BCUT2D eigenvalue weighted by molar-refractivity contribution is 0.320. The van der Waals surface area contributed by atoms with Crippen LogP contribution in [0.15, 0.2) is 49.6 Å². The molecule has 1 rings (SSSR count). The molecule has 1 aromatic rings. The third-order valence-corrected chi connectivity index (χ3v) is 3.09. The van der Waals surface area contributed by atoms with Gasteiger partial charge in [-0.05, 0) is 17.7 Å². The van der Waals surface area contributed by atoms with Gasteiger partial charge in [-0.25, -0.2) is 0 Å². The molecule has 1 nitrogen and oxygen atoms in total. The summed E-state index contributed by atoms with van der Waals surface area (Å²) < 4.78 is 5.60. The molecule has 0 atom stereocenters. The van der Waals surface area contributed by atoms with Gasteiger partial charge in [0.1, 0.15) is 0 Å². The van der Waals surface area contributed by atoms with Crippen LogP contribution in [0.3, 0.4) is 0 Å². The predicted molar refractivity (Wildman–Crippen MR) is 61.8 cm³/mol. The van der Waals surface area contributed by atoms with E-state index in [2.05, 4.69) is 32.2 Å². The second kappa shape index (κ2) is 5.57. The normalized spacial score (nSPS) is 10.1. The fraction of sp³-hybridized carbons (Fsp3) is 0.167. The van der Waals surface area contributed by atoms with Crippen LogP contribution in [-0.4, -0.2) is 15.9 Å². The summed E-state index contributed by atoms with van der Waals surface area (Å²) in [5, 5.41) is 1.24. The highest BCUT2D eigenvalue weighted by molar-refractivity contribution is 6.47. The summed E-state index contributed by atoms with van der Waals surface area (Å²) >= 11 is 0. The number of rotatable bonds is 5. The van der Waals surface area contributed by atoms with Gasteiger partial charge in [0.05, 0.1) is 6.10 Å². The minimum Gasteiger partial charge on any atom is -0.402 e. The van der Waals surface area contributed by atoms with E-state index >= 15 is 0 Å². The molecule has 0 N–H and O–H groups in total. The zero-order valence-electron chi connectivity index (χ0n) is 8.36. The Labute approximate surface area is 88.1 Å². The molecule has 0 heterocycles. The van der Waals surface area contributed by atoms with Crippen LogP contribution in [0.25, 0.3) is 0 Å². The Morgan fingerprint density at radius 3 is 2.50 bits per heavy atom. The number of hydrogen-bond acceptors (Lipinski definition) is 1. The van der Waals surface area contributed by atoms with Gasteiger partial charge < -0.3 is 4.43 Å². The molecular weight excluding hydrogens is 188 g/mol. The molecule has 0 fully saturated rings. The van der Waals surface area contributed by atoms with E-state index in [0.29, 0.717) is 9.76 Å². The fourth-order valence-corrected chi connectivity index (χ4v) is 1.88. The minimum absolute atomic E-state index is 0.0482. The summed E-state index contributed by atoms with van der Waals surface area (Å²) in [4.78, 5) is 0. The number of benzene rings is 1. The van der Waals surface area contributed by atoms with Crippen LogP contribution in [0, 0.1) is 6.92 Å². The SMILES string of the molecule is C=CC(C=C)O[Si]c1ccccc1C. The van der Waals surface area contributed by atoms with E-state index in [-0.39, 0.29) is 6.10 Å². The number of aryl methyl sites for hydroxylation is 1. The molecule has 0 spiro atoms. The van der Waals surface area contributed by atoms with Gasteiger partial charge in [-0.15, -0.1) is 13.2 Å². The van der Waals surface area contributed by atoms with Crippen LogP contribution >= 0.6 is 0 Å². The Morgan fingerprint density at radius 1 is 1.29 bits per heavy atom. The molecule has 2 heteroatoms. The Balaban J connectivity index is 2.57. The van der Waals surface area contributed by atoms with E-state index in [1.54, 1.807) is 12.2 Å². The third kappa shape index (κ3) is 2.98. The van der Waals surface area contributed by atoms with E-state index in [4.69, 9.17) is 4.43 Å². The minimum atomic E-state index is -0.0482. The average molecular weight is 202 g/mol. The smallest absolute Gasteiger partial charge is 0.270 e. The summed E-state index contributed by atoms with van der Waals surface area (Å²) in [5.74, 6) is 0. The average Bonchev–Trinajstić information content (AvgIpc) is 2.22. The molecule has 0 saturated heterocycles. The molecule has 0 aromatic heterocycles. The highest BCUT2D eigenvalue weighted by Crippen LogP contribution is 1.96. The zero-order valence-corrected chi connectivity index (χ0v) is 9.36. The van der Waals surface area contributed by atoms with Crippen molar-refractivity contribution in [2.45, 2.75) is 13.0 Å². The van der Waals surface area contributed by atoms with Crippen molar-refractivity contribution in [2.24, 2.45) is 0 Å². The van der Waals surface area contributed by atoms with Crippen molar-refractivity contribution in [3.8, 4) is 0 Å². The first kappa shape index (κ1) is 11.0. The molecule has 1 aromatic carbocycles. The van der Waals surface area contributed by atoms with Crippen molar-refractivity contribution in [2.75, 3.05) is 0 Å². The lowest BCUT2D eigenvalue weighted by atomic mass is 10.2. The molecule has 72 valence electrons. The summed E-state index contributed by atoms with van der Waals surface area (Å²) in [7, 11) is 0.355. The van der Waals surface area contributed by atoms with Crippen molar-refractivity contribution in [3.63, 3.8) is 0 Å². The molecule has 2 radical (unpaired) electrons. The molecular formula is C12H14OSi. The van der Waals surface area contributed by atoms with Crippen LogP contribution in [-0.2, 0) is 4.43 Å². The Bertz CT molecular complexity index is 312. The van der Waals surface area contributed by atoms with Gasteiger partial charge in [-0.2, -0.15) is 0 Å². The van der Waals surface area contributed by atoms with Crippen molar-refractivity contribution < 1.29 is 4.43 Å². The fourth-order valence-electron chi connectivity index (χ4n) is 1.01. The maximum absolute atomic E-state index is 5.60. The quantitative estimate of drug-likeness (QED) is 0.524. The van der Waals surface area contributed by atoms with Gasteiger partial charge in [-0.3, -0.25) is 0 Å². The predicted octanol–water partition coefficient (Wildman–Crippen LogP) is 2.00. The van der Waals surface area contributed by atoms with Crippen molar-refractivity contribution >= 4 is 14.9 Å². The lowest BCUT2D eigenvalue weighted by Crippen LogP contribution is -2.23. The summed E-state index contributed by atoms with van der Waals surface area (Å²) in [6.45, 7) is 9.44. The van der Waals surface area contributed by atoms with Crippen LogP contribution in [0.4, 0.5) is 0 Å². The summed E-state index contributed by atoms with van der Waals surface area (Å²) in [6, 6.07) is 8.22. The van der Waals surface area contributed by atoms with Crippen LogP contribution in [0.2, 0.25) is 0 Å². The van der Waals surface area contributed by atoms with Crippen molar-refractivity contribution in [1.82, 2.24) is 0 Å². The van der Waals surface area contributed by atoms with Gasteiger partial charge in [0, 0.05) is 0 Å². The van der Waals surface area contributed by atoms with E-state index < -0.39 is 0 Å². The molecule has 0 saturated carbocycles. The van der Waals surface area contributed by atoms with Crippen LogP contribution in [0.5, 0.6) is 0 Å². The monoisotopic (exact) mass is 202 g/mol. The lowest BCUT2D eigenvalue weighted by Gasteiger charge is -2.09. The summed E-state index contributed by atoms with van der Waals surface area (Å²) in [6.07, 6.45) is 3.45. The van der Waals surface area contributed by atoms with Crippen LogP contribution < -0.4 is 5.19 Å². The maximum Gasteiger partial charge on any atom is 0.270 e. The second-order valence-corrected chi connectivity index (χ2v) is 3.95. The van der Waals surface area contributed by atoms with E-state index in [0.717, 1.165) is 0 Å². The molecule has 0 aliphatic rings. The van der Waals surface area contributed by atoms with Crippen LogP contribution in [0.1, 0.15) is 5.56 Å². The van der Waals surface area contributed by atoms with Gasteiger partial charge >= 0.3 is 0 Å². The number of hydrogen-bond donors (Lipinski definition) is 0. The van der Waals surface area contributed by atoms with Crippen molar-refractivity contribution in [1.29, 1.82) is 0 Å². The zero-order chi connectivity index (χ0) is 10.4. The molecule has 0 amide bonds. The van der Waals surface area contributed by atoms with E-state index in [1.807, 2.05) is 12.1 Å². The Morgan fingerprint density at radius 2 is 1.93 bits per heavy atom. The Hall–Kier alpha value is -1.12. The molecule has 0 aliphatic carbocycles. The van der Waals surface area contributed by atoms with Crippen molar-refractivity contribution in [3.05, 3.63) is 55.1 Å². The first-order valence-electron chi connectivity index (χ1n) is 4.50. The van der Waals surface area contributed by atoms with Gasteiger partial charge in [0.15, 0.2) is 0 Å². The molecule has 0 bridgehead atoms. The topological polar surface area (TPSA) is 9.23 Å². The molecule has 14 heavy (non-hydrogen) atoms. The van der Waals surface area contributed by atoms with Gasteiger partial charge in [0.25, 0.3) is 9.76 Å². The first-order chi connectivity index (χ1) is 6.77. The van der Waals surface area contributed by atoms with E-state index in [9.17, 15) is 0 Å². The largest absolute Gasteiger partial charge is 0.402 e. The molecule has 0 unspecified atom stereocenters. The van der Waals surface area contributed by atoms with Gasteiger partial charge in [0.2, 0.25) is 0 Å². The highest BCUT2D eigenvalue weighted by Gasteiger charge is 2.03. The third-order valence-electron chi connectivity index (χ3n) is 1.91. The second-order valence-electron chi connectivity index (χ2n) is 2.97. The maximum atomic E-state index is 5.60. The van der Waals surface area contributed by atoms with E-state index in [1.165, 1.54) is 10.8 Å². The Kier molecular flexibility index (Phi) is 4.36. The van der Waals surface area contributed by atoms with Gasteiger partial charge in [-0.1, -0.05) is 36.4 Å². The standard InChI is InChI=1S/C12H14OSi/c1-4-11(5-2)13-14-12-9-7-6-8-10(12)3/h4-9,11H,1-2H2,3H3.